The number of morpholine rings is 1. The number of aromatic nitrogens is 2. The van der Waals surface area contributed by atoms with Crippen LogP contribution < -0.4 is 0 Å². The summed E-state index contributed by atoms with van der Waals surface area (Å²) < 4.78 is 5.33. The number of H-pyrrole nitrogens is 1. The van der Waals surface area contributed by atoms with Gasteiger partial charge in [-0.3, -0.25) is 9.69 Å². The second-order valence-electron chi connectivity index (χ2n) is 5.57. The molecule has 2 aliphatic rings. The Hall–Kier alpha value is -1.40. The van der Waals surface area contributed by atoms with Gasteiger partial charge in [-0.2, -0.15) is 0 Å². The third kappa shape index (κ3) is 3.19. The van der Waals surface area contributed by atoms with Crippen LogP contribution in [-0.2, 0) is 9.53 Å². The van der Waals surface area contributed by atoms with Crippen LogP contribution in [0, 0.1) is 0 Å². The maximum Gasteiger partial charge on any atom is 0.209 e. The molecule has 0 radical (unpaired) electrons. The molecular weight excluding hydrogens is 256 g/mol. The molecule has 2 heterocycles. The average Bonchev–Trinajstić information content (AvgIpc) is 3.09. The molecular formula is C14H22N4O2. The van der Waals surface area contributed by atoms with Gasteiger partial charge in [-0.25, -0.2) is 4.98 Å². The van der Waals surface area contributed by atoms with Crippen LogP contribution in [0.3, 0.4) is 0 Å². The summed E-state index contributed by atoms with van der Waals surface area (Å²) in [6, 6.07) is 0.359. The predicted octanol–water partition coefficient (Wildman–Crippen LogP) is 0.446. The van der Waals surface area contributed by atoms with Crippen molar-refractivity contribution in [2.24, 2.45) is 0 Å². The molecule has 1 saturated heterocycles. The molecule has 6 heteroatoms. The van der Waals surface area contributed by atoms with Crippen molar-refractivity contribution in [3.8, 4) is 0 Å². The lowest BCUT2D eigenvalue weighted by Gasteiger charge is -2.27. The SMILES string of the molecule is O=CN(CCCN1CCOCC1)C1CC1c1cnc[nH]1. The number of hydrogen-bond donors (Lipinski definition) is 1. The van der Waals surface area contributed by atoms with Crippen LogP contribution in [0.25, 0.3) is 0 Å². The minimum Gasteiger partial charge on any atom is -0.379 e. The number of nitrogens with one attached hydrogen (secondary N) is 1. The van der Waals surface area contributed by atoms with Crippen molar-refractivity contribution < 1.29 is 9.53 Å². The molecule has 0 aromatic carbocycles. The van der Waals surface area contributed by atoms with Gasteiger partial charge in [0.15, 0.2) is 0 Å². The number of hydrogen-bond acceptors (Lipinski definition) is 4. The molecule has 2 unspecified atom stereocenters. The molecule has 1 N–H and O–H groups in total. The lowest BCUT2D eigenvalue weighted by molar-refractivity contribution is -0.118. The van der Waals surface area contributed by atoms with E-state index in [1.807, 2.05) is 11.1 Å². The van der Waals surface area contributed by atoms with E-state index in [4.69, 9.17) is 4.74 Å². The molecule has 0 bridgehead atoms. The molecule has 20 heavy (non-hydrogen) atoms. The Morgan fingerprint density at radius 2 is 2.35 bits per heavy atom. The van der Waals surface area contributed by atoms with Crippen molar-refractivity contribution in [2.45, 2.75) is 24.8 Å². The van der Waals surface area contributed by atoms with Crippen molar-refractivity contribution >= 4 is 6.41 Å². The van der Waals surface area contributed by atoms with Gasteiger partial charge >= 0.3 is 0 Å². The van der Waals surface area contributed by atoms with Gasteiger partial charge in [0.05, 0.1) is 19.5 Å². The Kier molecular flexibility index (Phi) is 4.32. The third-order valence-corrected chi connectivity index (χ3v) is 4.23. The Bertz CT molecular complexity index is 417. The predicted molar refractivity (Wildman–Crippen MR) is 74.4 cm³/mol. The molecule has 1 aliphatic carbocycles. The summed E-state index contributed by atoms with van der Waals surface area (Å²) in [5, 5.41) is 0. The lowest BCUT2D eigenvalue weighted by Crippen LogP contribution is -2.38. The fraction of sp³-hybridized carbons (Fsp3) is 0.714. The summed E-state index contributed by atoms with van der Waals surface area (Å²) in [6.45, 7) is 5.59. The maximum absolute atomic E-state index is 11.3. The van der Waals surface area contributed by atoms with Crippen LogP contribution in [0.15, 0.2) is 12.5 Å². The summed E-state index contributed by atoms with van der Waals surface area (Å²) >= 11 is 0. The van der Waals surface area contributed by atoms with Gasteiger partial charge in [0.2, 0.25) is 6.41 Å². The number of imidazole rings is 1. The highest BCUT2D eigenvalue weighted by Gasteiger charge is 2.43. The minimum absolute atomic E-state index is 0.359. The highest BCUT2D eigenvalue weighted by molar-refractivity contribution is 5.49. The number of ether oxygens (including phenoxy) is 1. The van der Waals surface area contributed by atoms with Crippen LogP contribution in [0.1, 0.15) is 24.5 Å². The van der Waals surface area contributed by atoms with E-state index in [-0.39, 0.29) is 0 Å². The number of carbonyl (C=O) groups excluding carboxylic acids is 1. The highest BCUT2D eigenvalue weighted by atomic mass is 16.5. The molecule has 0 spiro atoms. The fourth-order valence-corrected chi connectivity index (χ4v) is 2.95. The number of carbonyl (C=O) groups is 1. The number of aromatic amines is 1. The summed E-state index contributed by atoms with van der Waals surface area (Å²) in [5.74, 6) is 0.450. The Morgan fingerprint density at radius 1 is 1.50 bits per heavy atom. The first-order chi connectivity index (χ1) is 9.88. The zero-order valence-electron chi connectivity index (χ0n) is 11.7. The maximum atomic E-state index is 11.3. The highest BCUT2D eigenvalue weighted by Crippen LogP contribution is 2.43. The average molecular weight is 278 g/mol. The largest absolute Gasteiger partial charge is 0.379 e. The van der Waals surface area contributed by atoms with Gasteiger partial charge in [-0.15, -0.1) is 0 Å². The van der Waals surface area contributed by atoms with Crippen molar-refractivity contribution in [3.05, 3.63) is 18.2 Å². The van der Waals surface area contributed by atoms with E-state index in [2.05, 4.69) is 14.9 Å². The minimum atomic E-state index is 0.359. The van der Waals surface area contributed by atoms with E-state index in [0.29, 0.717) is 12.0 Å². The lowest BCUT2D eigenvalue weighted by atomic mass is 10.3. The number of rotatable bonds is 7. The van der Waals surface area contributed by atoms with Crippen molar-refractivity contribution in [2.75, 3.05) is 39.4 Å². The molecule has 2 fully saturated rings. The van der Waals surface area contributed by atoms with Gasteiger partial charge < -0.3 is 14.6 Å². The van der Waals surface area contributed by atoms with Crippen LogP contribution in [0.5, 0.6) is 0 Å². The standard InChI is InChI=1S/C14H22N4O2/c19-11-18(3-1-2-17-4-6-20-7-5-17)14-8-12(14)13-9-15-10-16-13/h9-12,14H,1-8H2,(H,15,16). The van der Waals surface area contributed by atoms with E-state index >= 15 is 0 Å². The number of nitrogens with zero attached hydrogens (tertiary/aromatic N) is 3. The van der Waals surface area contributed by atoms with E-state index in [0.717, 1.165) is 64.3 Å². The second kappa shape index (κ2) is 6.37. The van der Waals surface area contributed by atoms with Gasteiger partial charge in [0.1, 0.15) is 0 Å². The topological polar surface area (TPSA) is 61.5 Å². The molecule has 1 aromatic heterocycles. The smallest absolute Gasteiger partial charge is 0.209 e. The van der Waals surface area contributed by atoms with Gasteiger partial charge in [0.25, 0.3) is 0 Å². The first-order valence-corrected chi connectivity index (χ1v) is 7.38. The summed E-state index contributed by atoms with van der Waals surface area (Å²) in [5.41, 5.74) is 1.15. The molecule has 2 atom stereocenters. The first kappa shape index (κ1) is 13.6. The van der Waals surface area contributed by atoms with Gasteiger partial charge in [0, 0.05) is 50.0 Å². The Labute approximate surface area is 119 Å². The van der Waals surface area contributed by atoms with E-state index in [1.165, 1.54) is 0 Å². The summed E-state index contributed by atoms with van der Waals surface area (Å²) in [4.78, 5) is 22.8. The number of amides is 1. The van der Waals surface area contributed by atoms with Crippen LogP contribution in [-0.4, -0.2) is 71.6 Å². The summed E-state index contributed by atoms with van der Waals surface area (Å²) in [7, 11) is 0. The van der Waals surface area contributed by atoms with E-state index in [1.54, 1.807) is 6.33 Å². The quantitative estimate of drug-likeness (QED) is 0.736. The molecule has 3 rings (SSSR count). The van der Waals surface area contributed by atoms with Crippen LogP contribution in [0.2, 0.25) is 0 Å². The summed E-state index contributed by atoms with van der Waals surface area (Å²) in [6.07, 6.45) is 6.65. The van der Waals surface area contributed by atoms with Crippen molar-refractivity contribution in [1.29, 1.82) is 0 Å². The molecule has 1 amide bonds. The first-order valence-electron chi connectivity index (χ1n) is 7.38. The molecule has 6 nitrogen and oxygen atoms in total. The molecule has 1 aromatic rings. The molecule has 1 aliphatic heterocycles. The normalized spacial score (nSPS) is 26.4. The third-order valence-electron chi connectivity index (χ3n) is 4.23. The molecule has 110 valence electrons. The second-order valence-corrected chi connectivity index (χ2v) is 5.57. The van der Waals surface area contributed by atoms with Gasteiger partial charge in [-0.05, 0) is 12.8 Å². The van der Waals surface area contributed by atoms with Crippen molar-refractivity contribution in [1.82, 2.24) is 19.8 Å². The fourth-order valence-electron chi connectivity index (χ4n) is 2.95. The van der Waals surface area contributed by atoms with Crippen LogP contribution >= 0.6 is 0 Å². The van der Waals surface area contributed by atoms with E-state index < -0.39 is 0 Å². The Morgan fingerprint density at radius 3 is 3.05 bits per heavy atom. The zero-order valence-corrected chi connectivity index (χ0v) is 11.7. The zero-order chi connectivity index (χ0) is 13.8. The Balaban J connectivity index is 1.40. The van der Waals surface area contributed by atoms with Gasteiger partial charge in [-0.1, -0.05) is 0 Å². The monoisotopic (exact) mass is 278 g/mol. The van der Waals surface area contributed by atoms with Crippen LogP contribution in [0.4, 0.5) is 0 Å². The van der Waals surface area contributed by atoms with E-state index in [9.17, 15) is 4.79 Å². The van der Waals surface area contributed by atoms with Crippen molar-refractivity contribution in [3.63, 3.8) is 0 Å². The molecule has 1 saturated carbocycles.